The van der Waals surface area contributed by atoms with E-state index in [4.69, 9.17) is 4.74 Å². The number of sulfonamides is 1. The van der Waals surface area contributed by atoms with Gasteiger partial charge >= 0.3 is 0 Å². The number of aromatic nitrogens is 3. The Balaban J connectivity index is 1.54. The van der Waals surface area contributed by atoms with Crippen molar-refractivity contribution >= 4 is 27.5 Å². The molecule has 3 aromatic rings. The average Bonchev–Trinajstić information content (AvgIpc) is 2.72. The number of rotatable bonds is 10. The normalized spacial score (nSPS) is 11.1. The predicted octanol–water partition coefficient (Wildman–Crippen LogP) is 2.71. The minimum atomic E-state index is -3.60. The first kappa shape index (κ1) is 21.5. The highest BCUT2D eigenvalue weighted by atomic mass is 32.2. The maximum absolute atomic E-state index is 12.4. The summed E-state index contributed by atoms with van der Waals surface area (Å²) in [6.07, 6.45) is 1.69. The summed E-state index contributed by atoms with van der Waals surface area (Å²) in [5.41, 5.74) is 0. The molecule has 3 rings (SSSR count). The summed E-state index contributed by atoms with van der Waals surface area (Å²) in [4.78, 5) is 13.0. The molecule has 0 aliphatic heterocycles. The van der Waals surface area contributed by atoms with Crippen LogP contribution in [0.15, 0.2) is 59.6 Å². The molecule has 1 aromatic carbocycles. The number of nitrogens with one attached hydrogen (secondary N) is 3. The van der Waals surface area contributed by atoms with Crippen molar-refractivity contribution in [2.45, 2.75) is 18.7 Å². The van der Waals surface area contributed by atoms with Gasteiger partial charge in [-0.15, -0.1) is 0 Å². The van der Waals surface area contributed by atoms with Gasteiger partial charge in [0.05, 0.1) is 11.5 Å². The highest BCUT2D eigenvalue weighted by molar-refractivity contribution is 7.89. The molecule has 0 amide bonds. The molecule has 0 aliphatic rings. The standard InChI is InChI=1S/C20H24N6O3S/c1-3-29-16-7-9-17(10-8-16)30(27,28)23-13-12-22-19-14-20(25-15(2)24-19)26-18-6-4-5-11-21-18/h4-11,14,23H,3,12-13H2,1-2H3,(H2,21,22,24,25,26). The second-order valence-corrected chi connectivity index (χ2v) is 8.02. The van der Waals surface area contributed by atoms with E-state index in [1.54, 1.807) is 31.3 Å². The summed E-state index contributed by atoms with van der Waals surface area (Å²) in [7, 11) is -3.60. The third-order valence-corrected chi connectivity index (χ3v) is 5.40. The SMILES string of the molecule is CCOc1ccc(S(=O)(=O)NCCNc2cc(Nc3ccccn3)nc(C)n2)cc1. The molecule has 9 nitrogen and oxygen atoms in total. The molecule has 0 unspecified atom stereocenters. The molecule has 0 bridgehead atoms. The van der Waals surface area contributed by atoms with Crippen LogP contribution in [0.1, 0.15) is 12.7 Å². The predicted molar refractivity (Wildman–Crippen MR) is 116 cm³/mol. The van der Waals surface area contributed by atoms with Crippen LogP contribution < -0.4 is 20.1 Å². The lowest BCUT2D eigenvalue weighted by atomic mass is 10.3. The lowest BCUT2D eigenvalue weighted by Gasteiger charge is -2.11. The zero-order chi connectivity index (χ0) is 21.4. The molecule has 0 aliphatic carbocycles. The van der Waals surface area contributed by atoms with Crippen molar-refractivity contribution in [2.24, 2.45) is 0 Å². The average molecular weight is 429 g/mol. The Morgan fingerprint density at radius 1 is 0.967 bits per heavy atom. The number of benzene rings is 1. The van der Waals surface area contributed by atoms with Crippen molar-refractivity contribution in [2.75, 3.05) is 30.3 Å². The number of hydrogen-bond donors (Lipinski definition) is 3. The summed E-state index contributed by atoms with van der Waals surface area (Å²) in [5.74, 6) is 3.06. The Kier molecular flexibility index (Phi) is 7.15. The summed E-state index contributed by atoms with van der Waals surface area (Å²) in [5, 5.41) is 6.21. The van der Waals surface area contributed by atoms with Crippen molar-refractivity contribution in [1.29, 1.82) is 0 Å². The minimum absolute atomic E-state index is 0.186. The zero-order valence-electron chi connectivity index (χ0n) is 16.8. The number of hydrogen-bond acceptors (Lipinski definition) is 8. The Morgan fingerprint density at radius 3 is 2.43 bits per heavy atom. The van der Waals surface area contributed by atoms with E-state index in [9.17, 15) is 8.42 Å². The fraction of sp³-hybridized carbons (Fsp3) is 0.250. The summed E-state index contributed by atoms with van der Waals surface area (Å²) >= 11 is 0. The van der Waals surface area contributed by atoms with Crippen LogP contribution in [0.2, 0.25) is 0 Å². The largest absolute Gasteiger partial charge is 0.494 e. The molecule has 10 heteroatoms. The first-order chi connectivity index (χ1) is 14.5. The molecular formula is C20H24N6O3S. The van der Waals surface area contributed by atoms with Crippen LogP contribution in [0.25, 0.3) is 0 Å². The Labute approximate surface area is 176 Å². The van der Waals surface area contributed by atoms with Crippen molar-refractivity contribution in [3.8, 4) is 5.75 Å². The monoisotopic (exact) mass is 428 g/mol. The van der Waals surface area contributed by atoms with Gasteiger partial charge in [-0.1, -0.05) is 6.07 Å². The Hall–Kier alpha value is -3.24. The van der Waals surface area contributed by atoms with Crippen LogP contribution in [0, 0.1) is 6.92 Å². The summed E-state index contributed by atoms with van der Waals surface area (Å²) in [6.45, 7) is 4.73. The van der Waals surface area contributed by atoms with E-state index in [0.717, 1.165) is 0 Å². The van der Waals surface area contributed by atoms with E-state index in [2.05, 4.69) is 30.3 Å². The molecule has 0 atom stereocenters. The van der Waals surface area contributed by atoms with E-state index in [1.165, 1.54) is 12.1 Å². The second-order valence-electron chi connectivity index (χ2n) is 6.25. The van der Waals surface area contributed by atoms with Crippen molar-refractivity contribution < 1.29 is 13.2 Å². The molecular weight excluding hydrogens is 404 g/mol. The number of nitrogens with zero attached hydrogens (tertiary/aromatic N) is 3. The first-order valence-electron chi connectivity index (χ1n) is 9.46. The smallest absolute Gasteiger partial charge is 0.240 e. The molecule has 2 heterocycles. The maximum atomic E-state index is 12.4. The second kappa shape index (κ2) is 9.99. The fourth-order valence-electron chi connectivity index (χ4n) is 2.63. The van der Waals surface area contributed by atoms with Gasteiger partial charge in [0.25, 0.3) is 0 Å². The van der Waals surface area contributed by atoms with Gasteiger partial charge in [0, 0.05) is 25.4 Å². The Bertz CT molecular complexity index is 1060. The molecule has 0 radical (unpaired) electrons. The van der Waals surface area contributed by atoms with E-state index >= 15 is 0 Å². The summed E-state index contributed by atoms with van der Waals surface area (Å²) < 4.78 is 32.7. The van der Waals surface area contributed by atoms with Crippen molar-refractivity contribution in [1.82, 2.24) is 19.7 Å². The van der Waals surface area contributed by atoms with Gasteiger partial charge in [-0.3, -0.25) is 0 Å². The molecule has 30 heavy (non-hydrogen) atoms. The molecule has 3 N–H and O–H groups in total. The van der Waals surface area contributed by atoms with Gasteiger partial charge in [0.2, 0.25) is 10.0 Å². The topological polar surface area (TPSA) is 118 Å². The van der Waals surface area contributed by atoms with Crippen LogP contribution in [0.4, 0.5) is 17.5 Å². The number of ether oxygens (including phenoxy) is 1. The van der Waals surface area contributed by atoms with Gasteiger partial charge in [0.15, 0.2) is 0 Å². The highest BCUT2D eigenvalue weighted by Gasteiger charge is 2.13. The number of aryl methyl sites for hydroxylation is 1. The van der Waals surface area contributed by atoms with Gasteiger partial charge in [-0.25, -0.2) is 28.1 Å². The van der Waals surface area contributed by atoms with Gasteiger partial charge in [0.1, 0.15) is 29.0 Å². The van der Waals surface area contributed by atoms with Crippen LogP contribution in [-0.2, 0) is 10.0 Å². The van der Waals surface area contributed by atoms with Crippen LogP contribution in [-0.4, -0.2) is 43.1 Å². The van der Waals surface area contributed by atoms with Crippen LogP contribution in [0.5, 0.6) is 5.75 Å². The van der Waals surface area contributed by atoms with E-state index in [-0.39, 0.29) is 11.4 Å². The quantitative estimate of drug-likeness (QED) is 0.422. The molecule has 158 valence electrons. The van der Waals surface area contributed by atoms with Gasteiger partial charge in [-0.05, 0) is 50.2 Å². The van der Waals surface area contributed by atoms with E-state index < -0.39 is 10.0 Å². The van der Waals surface area contributed by atoms with Crippen LogP contribution >= 0.6 is 0 Å². The lowest BCUT2D eigenvalue weighted by Crippen LogP contribution is -2.29. The van der Waals surface area contributed by atoms with E-state index in [0.29, 0.717) is 42.2 Å². The third-order valence-electron chi connectivity index (χ3n) is 3.93. The molecule has 0 fully saturated rings. The molecule has 0 saturated carbocycles. The fourth-order valence-corrected chi connectivity index (χ4v) is 3.66. The highest BCUT2D eigenvalue weighted by Crippen LogP contribution is 2.17. The van der Waals surface area contributed by atoms with Crippen LogP contribution in [0.3, 0.4) is 0 Å². The lowest BCUT2D eigenvalue weighted by molar-refractivity contribution is 0.340. The molecule has 0 spiro atoms. The maximum Gasteiger partial charge on any atom is 0.240 e. The van der Waals surface area contributed by atoms with Gasteiger partial charge < -0.3 is 15.4 Å². The number of anilines is 3. The zero-order valence-corrected chi connectivity index (χ0v) is 17.6. The van der Waals surface area contributed by atoms with Crippen molar-refractivity contribution in [3.63, 3.8) is 0 Å². The summed E-state index contributed by atoms with van der Waals surface area (Å²) in [6, 6.07) is 13.6. The van der Waals surface area contributed by atoms with Crippen molar-refractivity contribution in [3.05, 3.63) is 60.6 Å². The molecule has 2 aromatic heterocycles. The Morgan fingerprint density at radius 2 is 1.73 bits per heavy atom. The first-order valence-corrected chi connectivity index (χ1v) is 10.9. The van der Waals surface area contributed by atoms with Gasteiger partial charge in [-0.2, -0.15) is 0 Å². The van der Waals surface area contributed by atoms with E-state index in [1.807, 2.05) is 25.1 Å². The minimum Gasteiger partial charge on any atom is -0.494 e. The third kappa shape index (κ3) is 6.13. The number of pyridine rings is 1. The molecule has 0 saturated heterocycles.